The summed E-state index contributed by atoms with van der Waals surface area (Å²) in [7, 11) is 0. The fourth-order valence-corrected chi connectivity index (χ4v) is 2.29. The standard InChI is InChI=1S/C14H22N2/c1-12(14-5-3-2-4-6-14)16-11-13-7-9-15-10-8-13/h2-6,12-13,15-16H,7-11H2,1H3. The van der Waals surface area contributed by atoms with E-state index < -0.39 is 0 Å². The Morgan fingerprint density at radius 3 is 2.62 bits per heavy atom. The van der Waals surface area contributed by atoms with Gasteiger partial charge in [-0.25, -0.2) is 0 Å². The molecule has 2 heteroatoms. The Bertz CT molecular complexity index is 291. The van der Waals surface area contributed by atoms with Gasteiger partial charge in [0.05, 0.1) is 0 Å². The molecule has 0 aliphatic carbocycles. The van der Waals surface area contributed by atoms with Gasteiger partial charge in [0.25, 0.3) is 0 Å². The molecule has 1 aliphatic rings. The lowest BCUT2D eigenvalue weighted by molar-refractivity contribution is 0.345. The van der Waals surface area contributed by atoms with Gasteiger partial charge in [0.1, 0.15) is 0 Å². The van der Waals surface area contributed by atoms with Crippen LogP contribution in [-0.2, 0) is 0 Å². The van der Waals surface area contributed by atoms with Crippen LogP contribution in [0.2, 0.25) is 0 Å². The van der Waals surface area contributed by atoms with Gasteiger partial charge in [0, 0.05) is 6.04 Å². The second kappa shape index (κ2) is 6.02. The highest BCUT2D eigenvalue weighted by atomic mass is 14.9. The SMILES string of the molecule is CC(NCC1CCNCC1)c1ccccc1. The van der Waals surface area contributed by atoms with E-state index in [9.17, 15) is 0 Å². The summed E-state index contributed by atoms with van der Waals surface area (Å²) in [6.45, 7) is 5.77. The highest BCUT2D eigenvalue weighted by molar-refractivity contribution is 5.17. The van der Waals surface area contributed by atoms with E-state index in [1.807, 2.05) is 0 Å². The lowest BCUT2D eigenvalue weighted by Crippen LogP contribution is -2.34. The number of piperidine rings is 1. The van der Waals surface area contributed by atoms with E-state index in [4.69, 9.17) is 0 Å². The van der Waals surface area contributed by atoms with Crippen LogP contribution in [-0.4, -0.2) is 19.6 Å². The van der Waals surface area contributed by atoms with E-state index in [0.717, 1.165) is 12.5 Å². The normalized spacial score (nSPS) is 19.6. The molecule has 0 aromatic heterocycles. The molecule has 0 amide bonds. The van der Waals surface area contributed by atoms with Crippen molar-refractivity contribution in [3.8, 4) is 0 Å². The largest absolute Gasteiger partial charge is 0.317 e. The van der Waals surface area contributed by atoms with E-state index in [2.05, 4.69) is 47.9 Å². The Hall–Kier alpha value is -0.860. The van der Waals surface area contributed by atoms with Crippen LogP contribution in [0.1, 0.15) is 31.4 Å². The molecule has 1 aromatic carbocycles. The van der Waals surface area contributed by atoms with Gasteiger partial charge in [0.2, 0.25) is 0 Å². The van der Waals surface area contributed by atoms with Gasteiger partial charge in [-0.15, -0.1) is 0 Å². The molecule has 0 radical (unpaired) electrons. The Kier molecular flexibility index (Phi) is 4.37. The summed E-state index contributed by atoms with van der Waals surface area (Å²) in [6, 6.07) is 11.1. The molecule has 1 aliphatic heterocycles. The molecule has 0 spiro atoms. The second-order valence-corrected chi connectivity index (χ2v) is 4.73. The van der Waals surface area contributed by atoms with Gasteiger partial charge in [-0.3, -0.25) is 0 Å². The van der Waals surface area contributed by atoms with Crippen LogP contribution in [0.25, 0.3) is 0 Å². The van der Waals surface area contributed by atoms with Crippen LogP contribution in [0, 0.1) is 5.92 Å². The zero-order chi connectivity index (χ0) is 11.2. The number of hydrogen-bond acceptors (Lipinski definition) is 2. The van der Waals surface area contributed by atoms with Crippen LogP contribution >= 0.6 is 0 Å². The van der Waals surface area contributed by atoms with Crippen molar-refractivity contribution >= 4 is 0 Å². The predicted octanol–water partition coefficient (Wildman–Crippen LogP) is 2.34. The third-order valence-electron chi connectivity index (χ3n) is 3.47. The lowest BCUT2D eigenvalue weighted by Gasteiger charge is -2.25. The van der Waals surface area contributed by atoms with Crippen molar-refractivity contribution in [1.82, 2.24) is 10.6 Å². The first-order chi connectivity index (χ1) is 7.86. The monoisotopic (exact) mass is 218 g/mol. The van der Waals surface area contributed by atoms with Crippen molar-refractivity contribution < 1.29 is 0 Å². The summed E-state index contributed by atoms with van der Waals surface area (Å²) < 4.78 is 0. The molecule has 1 aromatic rings. The van der Waals surface area contributed by atoms with Gasteiger partial charge in [-0.1, -0.05) is 30.3 Å². The van der Waals surface area contributed by atoms with Crippen molar-refractivity contribution in [2.75, 3.05) is 19.6 Å². The van der Waals surface area contributed by atoms with E-state index in [-0.39, 0.29) is 0 Å². The van der Waals surface area contributed by atoms with Gasteiger partial charge in [-0.05, 0) is 50.9 Å². The molecule has 88 valence electrons. The highest BCUT2D eigenvalue weighted by Crippen LogP contribution is 2.14. The second-order valence-electron chi connectivity index (χ2n) is 4.73. The topological polar surface area (TPSA) is 24.1 Å². The summed E-state index contributed by atoms with van der Waals surface area (Å²) >= 11 is 0. The summed E-state index contributed by atoms with van der Waals surface area (Å²) in [5, 5.41) is 7.05. The zero-order valence-electron chi connectivity index (χ0n) is 10.1. The molecule has 1 atom stereocenters. The van der Waals surface area contributed by atoms with Crippen LogP contribution < -0.4 is 10.6 Å². The summed E-state index contributed by atoms with van der Waals surface area (Å²) in [6.07, 6.45) is 2.63. The zero-order valence-corrected chi connectivity index (χ0v) is 10.1. The van der Waals surface area contributed by atoms with Gasteiger partial charge in [0.15, 0.2) is 0 Å². The Morgan fingerprint density at radius 2 is 1.94 bits per heavy atom. The van der Waals surface area contributed by atoms with E-state index in [1.54, 1.807) is 0 Å². The minimum absolute atomic E-state index is 0.469. The smallest absolute Gasteiger partial charge is 0.0291 e. The van der Waals surface area contributed by atoms with Gasteiger partial charge >= 0.3 is 0 Å². The number of rotatable bonds is 4. The van der Waals surface area contributed by atoms with Crippen LogP contribution in [0.4, 0.5) is 0 Å². The average Bonchev–Trinajstić information content (AvgIpc) is 2.38. The fraction of sp³-hybridized carbons (Fsp3) is 0.571. The summed E-state index contributed by atoms with van der Waals surface area (Å²) in [4.78, 5) is 0. The molecule has 1 saturated heterocycles. The minimum atomic E-state index is 0.469. The van der Waals surface area contributed by atoms with Crippen molar-refractivity contribution in [1.29, 1.82) is 0 Å². The molecule has 1 fully saturated rings. The molecule has 2 rings (SSSR count). The van der Waals surface area contributed by atoms with E-state index in [0.29, 0.717) is 6.04 Å². The molecule has 16 heavy (non-hydrogen) atoms. The third-order valence-corrected chi connectivity index (χ3v) is 3.47. The number of nitrogens with one attached hydrogen (secondary N) is 2. The van der Waals surface area contributed by atoms with Gasteiger partial charge < -0.3 is 10.6 Å². The molecule has 0 bridgehead atoms. The average molecular weight is 218 g/mol. The molecular formula is C14H22N2. The summed E-state index contributed by atoms with van der Waals surface area (Å²) in [5.41, 5.74) is 1.39. The number of hydrogen-bond donors (Lipinski definition) is 2. The Balaban J connectivity index is 1.77. The van der Waals surface area contributed by atoms with Gasteiger partial charge in [-0.2, -0.15) is 0 Å². The fourth-order valence-electron chi connectivity index (χ4n) is 2.29. The minimum Gasteiger partial charge on any atom is -0.317 e. The molecule has 1 unspecified atom stereocenters. The molecule has 2 nitrogen and oxygen atoms in total. The Morgan fingerprint density at radius 1 is 1.25 bits per heavy atom. The first-order valence-corrected chi connectivity index (χ1v) is 6.35. The third kappa shape index (κ3) is 3.32. The van der Waals surface area contributed by atoms with Crippen molar-refractivity contribution in [3.63, 3.8) is 0 Å². The predicted molar refractivity (Wildman–Crippen MR) is 68.5 cm³/mol. The first kappa shape index (κ1) is 11.6. The maximum atomic E-state index is 3.64. The van der Waals surface area contributed by atoms with Crippen LogP contribution in [0.15, 0.2) is 30.3 Å². The van der Waals surface area contributed by atoms with E-state index >= 15 is 0 Å². The highest BCUT2D eigenvalue weighted by Gasteiger charge is 2.13. The van der Waals surface area contributed by atoms with Crippen LogP contribution in [0.3, 0.4) is 0 Å². The Labute approximate surface area is 98.4 Å². The molecule has 1 heterocycles. The quantitative estimate of drug-likeness (QED) is 0.810. The molecule has 0 saturated carbocycles. The lowest BCUT2D eigenvalue weighted by atomic mass is 9.97. The first-order valence-electron chi connectivity index (χ1n) is 6.35. The summed E-state index contributed by atoms with van der Waals surface area (Å²) in [5.74, 6) is 0.854. The maximum Gasteiger partial charge on any atom is 0.0291 e. The molecule has 2 N–H and O–H groups in total. The number of benzene rings is 1. The van der Waals surface area contributed by atoms with Crippen molar-refractivity contribution in [3.05, 3.63) is 35.9 Å². The maximum absolute atomic E-state index is 3.64. The van der Waals surface area contributed by atoms with Crippen molar-refractivity contribution in [2.45, 2.75) is 25.8 Å². The van der Waals surface area contributed by atoms with E-state index in [1.165, 1.54) is 31.5 Å². The molecular weight excluding hydrogens is 196 g/mol. The van der Waals surface area contributed by atoms with Crippen molar-refractivity contribution in [2.24, 2.45) is 5.92 Å². The van der Waals surface area contributed by atoms with Crippen LogP contribution in [0.5, 0.6) is 0 Å².